The number of ether oxygens (including phenoxy) is 2. The summed E-state index contributed by atoms with van der Waals surface area (Å²) in [6.45, 7) is 2.22. The summed E-state index contributed by atoms with van der Waals surface area (Å²) in [5.41, 5.74) is 0.524. The number of halogens is 6. The Kier molecular flexibility index (Phi) is 8.77. The highest BCUT2D eigenvalue weighted by molar-refractivity contribution is 5.34. The Morgan fingerprint density at radius 3 is 2.00 bits per heavy atom. The van der Waals surface area contributed by atoms with Crippen LogP contribution in [0.15, 0.2) is 42.5 Å². The lowest BCUT2D eigenvalue weighted by atomic mass is 9.78. The summed E-state index contributed by atoms with van der Waals surface area (Å²) >= 11 is 0. The number of hydrogen-bond donors (Lipinski definition) is 0. The van der Waals surface area contributed by atoms with E-state index in [-0.39, 0.29) is 0 Å². The van der Waals surface area contributed by atoms with Gasteiger partial charge >= 0.3 is 12.5 Å². The van der Waals surface area contributed by atoms with Gasteiger partial charge in [0.05, 0.1) is 5.56 Å². The number of aryl methyl sites for hydroxylation is 1. The van der Waals surface area contributed by atoms with Gasteiger partial charge in [-0.15, -0.1) is 13.2 Å². The van der Waals surface area contributed by atoms with E-state index in [4.69, 9.17) is 0 Å². The minimum Gasteiger partial charge on any atom is -0.429 e. The molecule has 0 N–H and O–H groups in total. The standard InChI is InChI=1S/C26H30F6O2/c1-2-3-4-18-5-7-19(8-6-18)9-10-20-11-13-21(14-12-20)25(28,29)33-22-15-16-24(23(27)17-22)34-26(30,31)32/h11-19H,2-10H2,1H3/t18-,19-. The van der Waals surface area contributed by atoms with Gasteiger partial charge in [0.15, 0.2) is 11.6 Å². The maximum atomic E-state index is 14.5. The van der Waals surface area contributed by atoms with Crippen molar-refractivity contribution >= 4 is 0 Å². The van der Waals surface area contributed by atoms with Crippen LogP contribution in [-0.4, -0.2) is 6.36 Å². The normalized spacial score (nSPS) is 19.1. The fraction of sp³-hybridized carbons (Fsp3) is 0.538. The Bertz CT molecular complexity index is 902. The average molecular weight is 489 g/mol. The Labute approximate surface area is 196 Å². The zero-order valence-corrected chi connectivity index (χ0v) is 19.1. The van der Waals surface area contributed by atoms with Crippen molar-refractivity contribution in [3.8, 4) is 11.5 Å². The highest BCUT2D eigenvalue weighted by Gasteiger charge is 2.36. The van der Waals surface area contributed by atoms with Crippen LogP contribution >= 0.6 is 0 Å². The molecule has 3 rings (SSSR count). The molecule has 1 aliphatic carbocycles. The number of rotatable bonds is 10. The van der Waals surface area contributed by atoms with Crippen molar-refractivity contribution in [2.75, 3.05) is 0 Å². The van der Waals surface area contributed by atoms with Crippen LogP contribution in [0.3, 0.4) is 0 Å². The molecule has 0 unspecified atom stereocenters. The average Bonchev–Trinajstić information content (AvgIpc) is 2.78. The third-order valence-corrected chi connectivity index (χ3v) is 6.44. The van der Waals surface area contributed by atoms with E-state index in [1.54, 1.807) is 12.1 Å². The lowest BCUT2D eigenvalue weighted by Gasteiger charge is -2.28. The summed E-state index contributed by atoms with van der Waals surface area (Å²) in [4.78, 5) is 0. The van der Waals surface area contributed by atoms with Crippen LogP contribution in [0, 0.1) is 17.7 Å². The van der Waals surface area contributed by atoms with Crippen molar-refractivity contribution in [3.05, 3.63) is 59.4 Å². The first-order chi connectivity index (χ1) is 16.1. The van der Waals surface area contributed by atoms with Crippen LogP contribution in [0.4, 0.5) is 26.3 Å². The van der Waals surface area contributed by atoms with Gasteiger partial charge in [0.1, 0.15) is 5.75 Å². The van der Waals surface area contributed by atoms with Crippen molar-refractivity contribution in [1.29, 1.82) is 0 Å². The topological polar surface area (TPSA) is 18.5 Å². The summed E-state index contributed by atoms with van der Waals surface area (Å²) in [6, 6.07) is 7.59. The lowest BCUT2D eigenvalue weighted by Crippen LogP contribution is -2.22. The summed E-state index contributed by atoms with van der Waals surface area (Å²) in [5.74, 6) is -1.68. The van der Waals surface area contributed by atoms with E-state index in [1.165, 1.54) is 57.1 Å². The van der Waals surface area contributed by atoms with Crippen LogP contribution in [0.25, 0.3) is 0 Å². The molecular weight excluding hydrogens is 458 g/mol. The number of benzene rings is 2. The van der Waals surface area contributed by atoms with Gasteiger partial charge in [-0.2, -0.15) is 8.78 Å². The fourth-order valence-electron chi connectivity index (χ4n) is 4.50. The summed E-state index contributed by atoms with van der Waals surface area (Å²) < 4.78 is 87.6. The predicted molar refractivity (Wildman–Crippen MR) is 117 cm³/mol. The summed E-state index contributed by atoms with van der Waals surface area (Å²) in [7, 11) is 0. The van der Waals surface area contributed by atoms with Crippen molar-refractivity contribution in [2.24, 2.45) is 11.8 Å². The monoisotopic (exact) mass is 488 g/mol. The maximum absolute atomic E-state index is 14.5. The maximum Gasteiger partial charge on any atom is 0.573 e. The number of alkyl halides is 5. The SMILES string of the molecule is CCCC[C@H]1CC[C@H](CCc2ccc(C(F)(F)Oc3ccc(OC(F)(F)F)c(F)c3)cc2)CC1. The van der Waals surface area contributed by atoms with Crippen LogP contribution in [-0.2, 0) is 12.5 Å². The van der Waals surface area contributed by atoms with Crippen LogP contribution in [0.5, 0.6) is 11.5 Å². The second kappa shape index (κ2) is 11.4. The molecule has 0 radical (unpaired) electrons. The molecule has 0 atom stereocenters. The molecule has 1 aliphatic rings. The molecule has 8 heteroatoms. The fourth-order valence-corrected chi connectivity index (χ4v) is 4.50. The van der Waals surface area contributed by atoms with Gasteiger partial charge in [-0.05, 0) is 54.5 Å². The third-order valence-electron chi connectivity index (χ3n) is 6.44. The van der Waals surface area contributed by atoms with Gasteiger partial charge in [-0.25, -0.2) is 4.39 Å². The van der Waals surface area contributed by atoms with Crippen molar-refractivity contribution in [3.63, 3.8) is 0 Å². The van der Waals surface area contributed by atoms with Gasteiger partial charge in [0, 0.05) is 6.07 Å². The molecule has 0 spiro atoms. The largest absolute Gasteiger partial charge is 0.573 e. The molecule has 188 valence electrons. The zero-order valence-electron chi connectivity index (χ0n) is 19.1. The van der Waals surface area contributed by atoms with E-state index >= 15 is 0 Å². The van der Waals surface area contributed by atoms with Crippen molar-refractivity contribution in [2.45, 2.75) is 77.2 Å². The Morgan fingerprint density at radius 2 is 1.44 bits per heavy atom. The minimum atomic E-state index is -5.09. The molecule has 0 aromatic heterocycles. The van der Waals surface area contributed by atoms with E-state index in [2.05, 4.69) is 16.4 Å². The minimum absolute atomic E-state index is 0.427. The van der Waals surface area contributed by atoms with Gasteiger partial charge < -0.3 is 9.47 Å². The van der Waals surface area contributed by atoms with Gasteiger partial charge in [0.2, 0.25) is 0 Å². The highest BCUT2D eigenvalue weighted by Crippen LogP contribution is 2.36. The summed E-state index contributed by atoms with van der Waals surface area (Å²) in [6.07, 6.45) is 1.80. The highest BCUT2D eigenvalue weighted by atomic mass is 19.4. The Hall–Kier alpha value is -2.38. The molecule has 1 fully saturated rings. The van der Waals surface area contributed by atoms with Crippen molar-refractivity contribution < 1.29 is 35.8 Å². The first kappa shape index (κ1) is 26.2. The van der Waals surface area contributed by atoms with E-state index in [0.29, 0.717) is 18.1 Å². The molecule has 0 bridgehead atoms. The molecule has 0 heterocycles. The predicted octanol–water partition coefficient (Wildman–Crippen LogP) is 8.78. The Morgan fingerprint density at radius 1 is 0.824 bits per heavy atom. The number of unbranched alkanes of at least 4 members (excludes halogenated alkanes) is 1. The third kappa shape index (κ3) is 7.84. The quantitative estimate of drug-likeness (QED) is 0.311. The number of hydrogen-bond acceptors (Lipinski definition) is 2. The van der Waals surface area contributed by atoms with Crippen LogP contribution < -0.4 is 9.47 Å². The second-order valence-corrected chi connectivity index (χ2v) is 9.02. The molecule has 0 saturated heterocycles. The molecule has 34 heavy (non-hydrogen) atoms. The summed E-state index contributed by atoms with van der Waals surface area (Å²) in [5, 5.41) is 0. The molecule has 2 aromatic carbocycles. The van der Waals surface area contributed by atoms with E-state index < -0.39 is 35.4 Å². The molecular formula is C26H30F6O2. The van der Waals surface area contributed by atoms with E-state index in [1.807, 2.05) is 0 Å². The van der Waals surface area contributed by atoms with Crippen LogP contribution in [0.1, 0.15) is 69.4 Å². The van der Waals surface area contributed by atoms with Crippen molar-refractivity contribution in [1.82, 2.24) is 0 Å². The zero-order chi connectivity index (χ0) is 24.8. The smallest absolute Gasteiger partial charge is 0.429 e. The molecule has 0 aliphatic heterocycles. The first-order valence-electron chi connectivity index (χ1n) is 11.8. The second-order valence-electron chi connectivity index (χ2n) is 9.02. The molecule has 1 saturated carbocycles. The van der Waals surface area contributed by atoms with E-state index in [0.717, 1.165) is 30.4 Å². The Balaban J connectivity index is 1.52. The van der Waals surface area contributed by atoms with E-state index in [9.17, 15) is 26.3 Å². The van der Waals surface area contributed by atoms with Crippen LogP contribution in [0.2, 0.25) is 0 Å². The first-order valence-corrected chi connectivity index (χ1v) is 11.8. The molecule has 2 aromatic rings. The molecule has 0 amide bonds. The lowest BCUT2D eigenvalue weighted by molar-refractivity contribution is -0.275. The van der Waals surface area contributed by atoms with Gasteiger partial charge in [-0.1, -0.05) is 64.0 Å². The van der Waals surface area contributed by atoms with Gasteiger partial charge in [-0.3, -0.25) is 0 Å². The van der Waals surface area contributed by atoms with Gasteiger partial charge in [0.25, 0.3) is 0 Å². The molecule has 2 nitrogen and oxygen atoms in total.